The third kappa shape index (κ3) is 2.71. The number of rotatable bonds is 4. The van der Waals surface area contributed by atoms with Gasteiger partial charge < -0.3 is 14.6 Å². The Morgan fingerprint density at radius 3 is 2.60 bits per heavy atom. The Hall–Kier alpha value is -2.56. The summed E-state index contributed by atoms with van der Waals surface area (Å²) in [6, 6.07) is 8.94. The SMILES string of the molecule is COc1ccc(C(=O)O)c(Oc2cccc(C)c2F)c1. The molecule has 0 aliphatic carbocycles. The third-order valence-corrected chi connectivity index (χ3v) is 2.80. The molecule has 0 aliphatic rings. The van der Waals surface area contributed by atoms with Crippen molar-refractivity contribution in [1.29, 1.82) is 0 Å². The van der Waals surface area contributed by atoms with Crippen LogP contribution >= 0.6 is 0 Å². The molecule has 1 N–H and O–H groups in total. The van der Waals surface area contributed by atoms with Gasteiger partial charge in [-0.1, -0.05) is 12.1 Å². The Morgan fingerprint density at radius 2 is 1.95 bits per heavy atom. The molecule has 4 nitrogen and oxygen atoms in total. The summed E-state index contributed by atoms with van der Waals surface area (Å²) in [6.45, 7) is 1.60. The maximum Gasteiger partial charge on any atom is 0.339 e. The zero-order chi connectivity index (χ0) is 14.7. The van der Waals surface area contributed by atoms with Crippen molar-refractivity contribution in [1.82, 2.24) is 0 Å². The normalized spacial score (nSPS) is 10.2. The number of aryl methyl sites for hydroxylation is 1. The van der Waals surface area contributed by atoms with Crippen molar-refractivity contribution in [3.63, 3.8) is 0 Å². The summed E-state index contributed by atoms with van der Waals surface area (Å²) in [5.74, 6) is -1.25. The van der Waals surface area contributed by atoms with Crippen LogP contribution in [0.3, 0.4) is 0 Å². The standard InChI is InChI=1S/C15H13FO4/c1-9-4-3-5-12(14(9)16)20-13-8-10(19-2)6-7-11(13)15(17)18/h3-8H,1-2H3,(H,17,18). The topological polar surface area (TPSA) is 55.8 Å². The molecular formula is C15H13FO4. The molecule has 2 aromatic carbocycles. The summed E-state index contributed by atoms with van der Waals surface area (Å²) >= 11 is 0. The Bertz CT molecular complexity index is 652. The highest BCUT2D eigenvalue weighted by Gasteiger charge is 2.15. The molecule has 2 rings (SSSR count). The van der Waals surface area contributed by atoms with Crippen LogP contribution in [-0.4, -0.2) is 18.2 Å². The highest BCUT2D eigenvalue weighted by molar-refractivity contribution is 5.91. The average molecular weight is 276 g/mol. The van der Waals surface area contributed by atoms with E-state index in [0.29, 0.717) is 11.3 Å². The van der Waals surface area contributed by atoms with Crippen LogP contribution in [0, 0.1) is 12.7 Å². The summed E-state index contributed by atoms with van der Waals surface area (Å²) in [7, 11) is 1.45. The monoisotopic (exact) mass is 276 g/mol. The molecule has 0 radical (unpaired) electrons. The fourth-order valence-corrected chi connectivity index (χ4v) is 1.71. The molecule has 104 valence electrons. The van der Waals surface area contributed by atoms with Crippen molar-refractivity contribution in [2.75, 3.05) is 7.11 Å². The van der Waals surface area contributed by atoms with Crippen LogP contribution in [0.5, 0.6) is 17.2 Å². The molecule has 0 spiro atoms. The fourth-order valence-electron chi connectivity index (χ4n) is 1.71. The maximum atomic E-state index is 13.9. The molecule has 0 saturated carbocycles. The van der Waals surface area contributed by atoms with E-state index in [0.717, 1.165) is 0 Å². The highest BCUT2D eigenvalue weighted by atomic mass is 19.1. The summed E-state index contributed by atoms with van der Waals surface area (Å²) in [5.41, 5.74) is 0.356. The second-order valence-electron chi connectivity index (χ2n) is 4.16. The van der Waals surface area contributed by atoms with Gasteiger partial charge in [0.1, 0.15) is 17.1 Å². The molecular weight excluding hydrogens is 263 g/mol. The summed E-state index contributed by atoms with van der Waals surface area (Å²) in [4.78, 5) is 11.1. The lowest BCUT2D eigenvalue weighted by Crippen LogP contribution is -2.01. The van der Waals surface area contributed by atoms with E-state index in [4.69, 9.17) is 14.6 Å². The van der Waals surface area contributed by atoms with Crippen molar-refractivity contribution < 1.29 is 23.8 Å². The van der Waals surface area contributed by atoms with Crippen molar-refractivity contribution in [2.24, 2.45) is 0 Å². The van der Waals surface area contributed by atoms with Crippen LogP contribution in [0.4, 0.5) is 4.39 Å². The van der Waals surface area contributed by atoms with Gasteiger partial charge in [-0.25, -0.2) is 9.18 Å². The Balaban J connectivity index is 2.46. The van der Waals surface area contributed by atoms with E-state index in [1.165, 1.54) is 31.4 Å². The van der Waals surface area contributed by atoms with Crippen molar-refractivity contribution in [3.8, 4) is 17.2 Å². The molecule has 0 aliphatic heterocycles. The van der Waals surface area contributed by atoms with Crippen molar-refractivity contribution in [3.05, 3.63) is 53.3 Å². The van der Waals surface area contributed by atoms with Gasteiger partial charge >= 0.3 is 5.97 Å². The van der Waals surface area contributed by atoms with E-state index in [1.54, 1.807) is 19.1 Å². The van der Waals surface area contributed by atoms with Crippen LogP contribution < -0.4 is 9.47 Å². The Kier molecular flexibility index (Phi) is 3.89. The summed E-state index contributed by atoms with van der Waals surface area (Å²) < 4.78 is 24.3. The van der Waals surface area contributed by atoms with Gasteiger partial charge in [0.25, 0.3) is 0 Å². The number of hydrogen-bond acceptors (Lipinski definition) is 3. The second kappa shape index (κ2) is 5.61. The first kappa shape index (κ1) is 13.9. The zero-order valence-corrected chi connectivity index (χ0v) is 11.0. The third-order valence-electron chi connectivity index (χ3n) is 2.80. The van der Waals surface area contributed by atoms with Crippen LogP contribution in [-0.2, 0) is 0 Å². The van der Waals surface area contributed by atoms with Crippen molar-refractivity contribution >= 4 is 5.97 Å². The number of carboxylic acids is 1. The van der Waals surface area contributed by atoms with Gasteiger partial charge in [0.05, 0.1) is 7.11 Å². The molecule has 5 heteroatoms. The molecule has 0 unspecified atom stereocenters. The van der Waals surface area contributed by atoms with Crippen LogP contribution in [0.2, 0.25) is 0 Å². The van der Waals surface area contributed by atoms with Gasteiger partial charge in [0.15, 0.2) is 11.6 Å². The number of carboxylic acid groups (broad SMARTS) is 1. The number of halogens is 1. The fraction of sp³-hybridized carbons (Fsp3) is 0.133. The molecule has 0 bridgehead atoms. The number of aromatic carboxylic acids is 1. The van der Waals surface area contributed by atoms with E-state index in [2.05, 4.69) is 0 Å². The van der Waals surface area contributed by atoms with Gasteiger partial charge in [-0.2, -0.15) is 0 Å². The number of benzene rings is 2. The number of ether oxygens (including phenoxy) is 2. The molecule has 2 aromatic rings. The van der Waals surface area contributed by atoms with Crippen molar-refractivity contribution in [2.45, 2.75) is 6.92 Å². The molecule has 0 atom stereocenters. The van der Waals surface area contributed by atoms with Gasteiger partial charge in [0, 0.05) is 6.07 Å². The first-order chi connectivity index (χ1) is 9.52. The molecule has 0 amide bonds. The number of methoxy groups -OCH3 is 1. The minimum Gasteiger partial charge on any atom is -0.497 e. The lowest BCUT2D eigenvalue weighted by Gasteiger charge is -2.11. The Labute approximate surface area is 115 Å². The van der Waals surface area contributed by atoms with E-state index in [-0.39, 0.29) is 17.1 Å². The minimum atomic E-state index is -1.16. The van der Waals surface area contributed by atoms with E-state index < -0.39 is 11.8 Å². The quantitative estimate of drug-likeness (QED) is 0.926. The molecule has 0 heterocycles. The minimum absolute atomic E-state index is 0.0271. The predicted octanol–water partition coefficient (Wildman–Crippen LogP) is 3.63. The second-order valence-corrected chi connectivity index (χ2v) is 4.16. The van der Waals surface area contributed by atoms with Gasteiger partial charge in [-0.05, 0) is 30.7 Å². The highest BCUT2D eigenvalue weighted by Crippen LogP contribution is 2.31. The Morgan fingerprint density at radius 1 is 1.20 bits per heavy atom. The zero-order valence-electron chi connectivity index (χ0n) is 11.0. The smallest absolute Gasteiger partial charge is 0.339 e. The number of carbonyl (C=O) groups is 1. The molecule has 20 heavy (non-hydrogen) atoms. The van der Waals surface area contributed by atoms with Gasteiger partial charge in [0.2, 0.25) is 0 Å². The van der Waals surface area contributed by atoms with E-state index in [1.807, 2.05) is 0 Å². The first-order valence-electron chi connectivity index (χ1n) is 5.87. The molecule has 0 fully saturated rings. The lowest BCUT2D eigenvalue weighted by atomic mass is 10.2. The van der Waals surface area contributed by atoms with Gasteiger partial charge in [-0.15, -0.1) is 0 Å². The summed E-state index contributed by atoms with van der Waals surface area (Å²) in [6.07, 6.45) is 0. The van der Waals surface area contributed by atoms with E-state index in [9.17, 15) is 9.18 Å². The van der Waals surface area contributed by atoms with E-state index >= 15 is 0 Å². The average Bonchev–Trinajstić information content (AvgIpc) is 2.43. The van der Waals surface area contributed by atoms with Gasteiger partial charge in [-0.3, -0.25) is 0 Å². The number of hydrogen-bond donors (Lipinski definition) is 1. The first-order valence-corrected chi connectivity index (χ1v) is 5.87. The lowest BCUT2D eigenvalue weighted by molar-refractivity contribution is 0.0694. The van der Waals surface area contributed by atoms with Crippen LogP contribution in [0.15, 0.2) is 36.4 Å². The molecule has 0 aromatic heterocycles. The largest absolute Gasteiger partial charge is 0.497 e. The predicted molar refractivity (Wildman–Crippen MR) is 71.2 cm³/mol. The van der Waals surface area contributed by atoms with Crippen LogP contribution in [0.25, 0.3) is 0 Å². The summed E-state index contributed by atoms with van der Waals surface area (Å²) in [5, 5.41) is 9.12. The maximum absolute atomic E-state index is 13.9. The van der Waals surface area contributed by atoms with Crippen LogP contribution in [0.1, 0.15) is 15.9 Å². The molecule has 0 saturated heterocycles.